The van der Waals surface area contributed by atoms with E-state index in [0.717, 1.165) is 26.2 Å². The molecule has 150 valence electrons. The van der Waals surface area contributed by atoms with E-state index in [-0.39, 0.29) is 12.7 Å². The highest BCUT2D eigenvalue weighted by molar-refractivity contribution is 5.95. The van der Waals surface area contributed by atoms with E-state index in [2.05, 4.69) is 48.5 Å². The minimum Gasteiger partial charge on any atom is -0.454 e. The molecule has 1 N–H and O–H groups in total. The second-order valence-corrected chi connectivity index (χ2v) is 8.13. The summed E-state index contributed by atoms with van der Waals surface area (Å²) in [5, 5.41) is 0. The Balaban J connectivity index is 1.21. The third kappa shape index (κ3) is 2.70. The second kappa shape index (κ2) is 6.89. The Labute approximate surface area is 175 Å². The van der Waals surface area contributed by atoms with Crippen LogP contribution < -0.4 is 14.4 Å². The van der Waals surface area contributed by atoms with Crippen LogP contribution >= 0.6 is 0 Å². The first-order valence-electron chi connectivity index (χ1n) is 10.5. The Bertz CT molecular complexity index is 1090. The van der Waals surface area contributed by atoms with Gasteiger partial charge in [0.1, 0.15) is 6.04 Å². The summed E-state index contributed by atoms with van der Waals surface area (Å²) in [6.07, 6.45) is 0. The van der Waals surface area contributed by atoms with Crippen molar-refractivity contribution in [2.45, 2.75) is 6.04 Å². The molecule has 1 saturated heterocycles. The average Bonchev–Trinajstić information content (AvgIpc) is 3.41. The number of rotatable bonds is 2. The van der Waals surface area contributed by atoms with Gasteiger partial charge in [0.05, 0.1) is 26.2 Å². The van der Waals surface area contributed by atoms with E-state index in [0.29, 0.717) is 23.1 Å². The number of benzene rings is 3. The highest BCUT2D eigenvalue weighted by Gasteiger charge is 2.38. The van der Waals surface area contributed by atoms with Crippen LogP contribution in [0.2, 0.25) is 0 Å². The number of carbonyl (C=O) groups is 1. The van der Waals surface area contributed by atoms with Crippen molar-refractivity contribution in [2.24, 2.45) is 0 Å². The molecule has 2 aliphatic heterocycles. The molecule has 0 saturated carbocycles. The molecule has 6 rings (SSSR count). The van der Waals surface area contributed by atoms with E-state index in [1.165, 1.54) is 27.2 Å². The van der Waals surface area contributed by atoms with Crippen LogP contribution in [0.25, 0.3) is 11.1 Å². The Morgan fingerprint density at radius 1 is 0.833 bits per heavy atom. The van der Waals surface area contributed by atoms with Crippen LogP contribution in [-0.4, -0.2) is 43.8 Å². The maximum Gasteiger partial charge on any atom is 0.254 e. The zero-order valence-corrected chi connectivity index (χ0v) is 16.6. The summed E-state index contributed by atoms with van der Waals surface area (Å²) in [6.45, 7) is 3.60. The van der Waals surface area contributed by atoms with E-state index < -0.39 is 0 Å². The van der Waals surface area contributed by atoms with Gasteiger partial charge in [-0.2, -0.15) is 0 Å². The van der Waals surface area contributed by atoms with Crippen molar-refractivity contribution in [3.8, 4) is 22.6 Å². The van der Waals surface area contributed by atoms with Gasteiger partial charge in [-0.25, -0.2) is 0 Å². The van der Waals surface area contributed by atoms with Crippen molar-refractivity contribution in [1.29, 1.82) is 0 Å². The molecule has 0 radical (unpaired) electrons. The number of hydrogen-bond donors (Lipinski definition) is 1. The molecular weight excluding hydrogens is 376 g/mol. The smallest absolute Gasteiger partial charge is 0.254 e. The molecule has 0 spiro atoms. The van der Waals surface area contributed by atoms with Gasteiger partial charge >= 0.3 is 0 Å². The van der Waals surface area contributed by atoms with Gasteiger partial charge in [-0.1, -0.05) is 48.5 Å². The number of quaternary nitrogens is 1. The number of piperazine rings is 1. The van der Waals surface area contributed by atoms with Gasteiger partial charge in [0.25, 0.3) is 5.91 Å². The quantitative estimate of drug-likeness (QED) is 0.720. The first-order valence-corrected chi connectivity index (χ1v) is 10.5. The second-order valence-electron chi connectivity index (χ2n) is 8.13. The number of nitrogens with zero attached hydrogens (tertiary/aromatic N) is 1. The molecule has 1 fully saturated rings. The molecule has 3 aliphatic rings. The minimum absolute atomic E-state index is 0.0690. The van der Waals surface area contributed by atoms with E-state index in [1.54, 1.807) is 6.07 Å². The van der Waals surface area contributed by atoms with Gasteiger partial charge < -0.3 is 19.3 Å². The Morgan fingerprint density at radius 3 is 2.17 bits per heavy atom. The van der Waals surface area contributed by atoms with Gasteiger partial charge in [-0.3, -0.25) is 4.79 Å². The number of fused-ring (bicyclic) bond motifs is 4. The SMILES string of the molecule is O=C(c1ccc2c(c1)OCO2)N1CC[NH+](C2c3ccccc3-c3ccccc32)CC1. The van der Waals surface area contributed by atoms with Crippen molar-refractivity contribution < 1.29 is 19.2 Å². The topological polar surface area (TPSA) is 43.2 Å². The predicted molar refractivity (Wildman–Crippen MR) is 113 cm³/mol. The third-order valence-corrected chi connectivity index (χ3v) is 6.55. The summed E-state index contributed by atoms with van der Waals surface area (Å²) >= 11 is 0. The maximum atomic E-state index is 13.0. The lowest BCUT2D eigenvalue weighted by atomic mass is 10.0. The number of hydrogen-bond acceptors (Lipinski definition) is 3. The minimum atomic E-state index is 0.0690. The van der Waals surface area contributed by atoms with Gasteiger partial charge in [-0.15, -0.1) is 0 Å². The molecule has 1 aliphatic carbocycles. The largest absolute Gasteiger partial charge is 0.454 e. The number of ether oxygens (including phenoxy) is 2. The van der Waals surface area contributed by atoms with Gasteiger partial charge in [0.2, 0.25) is 6.79 Å². The van der Waals surface area contributed by atoms with Crippen LogP contribution in [-0.2, 0) is 0 Å². The lowest BCUT2D eigenvalue weighted by molar-refractivity contribution is -0.928. The molecule has 5 heteroatoms. The summed E-state index contributed by atoms with van der Waals surface area (Å²) in [7, 11) is 0. The Hall–Kier alpha value is -3.31. The summed E-state index contributed by atoms with van der Waals surface area (Å²) < 4.78 is 10.8. The van der Waals surface area contributed by atoms with Crippen molar-refractivity contribution in [3.05, 3.63) is 83.4 Å². The normalized spacial score (nSPS) is 17.7. The summed E-state index contributed by atoms with van der Waals surface area (Å²) in [6, 6.07) is 23.3. The maximum absolute atomic E-state index is 13.0. The zero-order chi connectivity index (χ0) is 20.1. The van der Waals surface area contributed by atoms with Gasteiger partial charge in [0.15, 0.2) is 11.5 Å². The van der Waals surface area contributed by atoms with Crippen molar-refractivity contribution in [3.63, 3.8) is 0 Å². The van der Waals surface area contributed by atoms with Gasteiger partial charge in [-0.05, 0) is 29.3 Å². The molecule has 2 heterocycles. The molecule has 1 amide bonds. The fourth-order valence-corrected chi connectivity index (χ4v) is 5.09. The standard InChI is InChI=1S/C25H22N2O3/c28-25(17-9-10-22-23(15-17)30-16-29-22)27-13-11-26(12-14-27)24-20-7-3-1-5-18(20)19-6-2-4-8-21(19)24/h1-10,15,24H,11-14,16H2/p+1. The predicted octanol–water partition coefficient (Wildman–Crippen LogP) is 2.53. The summed E-state index contributed by atoms with van der Waals surface area (Å²) in [5.41, 5.74) is 6.18. The Morgan fingerprint density at radius 2 is 1.47 bits per heavy atom. The highest BCUT2D eigenvalue weighted by atomic mass is 16.7. The van der Waals surface area contributed by atoms with Crippen LogP contribution in [0.15, 0.2) is 66.7 Å². The lowest BCUT2D eigenvalue weighted by Gasteiger charge is -2.36. The van der Waals surface area contributed by atoms with E-state index in [1.807, 2.05) is 17.0 Å². The molecule has 3 aromatic carbocycles. The molecule has 5 nitrogen and oxygen atoms in total. The molecular formula is C25H23N2O3+. The summed E-state index contributed by atoms with van der Waals surface area (Å²) in [5.74, 6) is 1.43. The number of nitrogens with one attached hydrogen (secondary N) is 1. The number of carbonyl (C=O) groups excluding carboxylic acids is 1. The van der Waals surface area contributed by atoms with Crippen LogP contribution in [0.3, 0.4) is 0 Å². The fraction of sp³-hybridized carbons (Fsp3) is 0.240. The van der Waals surface area contributed by atoms with Gasteiger partial charge in [0, 0.05) is 16.7 Å². The van der Waals surface area contributed by atoms with E-state index >= 15 is 0 Å². The number of amides is 1. The molecule has 0 aromatic heterocycles. The molecule has 3 aromatic rings. The third-order valence-electron chi connectivity index (χ3n) is 6.55. The fourth-order valence-electron chi connectivity index (χ4n) is 5.09. The van der Waals surface area contributed by atoms with Crippen LogP contribution in [0.4, 0.5) is 0 Å². The van der Waals surface area contributed by atoms with E-state index in [9.17, 15) is 4.79 Å². The molecule has 0 unspecified atom stereocenters. The highest BCUT2D eigenvalue weighted by Crippen LogP contribution is 2.41. The average molecular weight is 399 g/mol. The summed E-state index contributed by atoms with van der Waals surface area (Å²) in [4.78, 5) is 16.5. The zero-order valence-electron chi connectivity index (χ0n) is 16.6. The van der Waals surface area contributed by atoms with E-state index in [4.69, 9.17) is 9.47 Å². The van der Waals surface area contributed by atoms with Crippen molar-refractivity contribution in [1.82, 2.24) is 4.90 Å². The first kappa shape index (κ1) is 17.5. The molecule has 0 atom stereocenters. The van der Waals surface area contributed by atoms with Crippen molar-refractivity contribution in [2.75, 3.05) is 33.0 Å². The first-order chi connectivity index (χ1) is 14.8. The monoisotopic (exact) mass is 399 g/mol. The molecule has 30 heavy (non-hydrogen) atoms. The van der Waals surface area contributed by atoms with Crippen LogP contribution in [0, 0.1) is 0 Å². The van der Waals surface area contributed by atoms with Crippen LogP contribution in [0.1, 0.15) is 27.5 Å². The Kier molecular flexibility index (Phi) is 4.03. The van der Waals surface area contributed by atoms with Crippen molar-refractivity contribution >= 4 is 5.91 Å². The lowest BCUT2D eigenvalue weighted by Crippen LogP contribution is -3.15. The molecule has 0 bridgehead atoms. The van der Waals surface area contributed by atoms with Crippen LogP contribution in [0.5, 0.6) is 11.5 Å².